The Morgan fingerprint density at radius 3 is 2.52 bits per heavy atom. The first-order valence-corrected chi connectivity index (χ1v) is 7.93. The summed E-state index contributed by atoms with van der Waals surface area (Å²) in [5.41, 5.74) is -0.845. The number of hydrogen-bond donors (Lipinski definition) is 1. The minimum absolute atomic E-state index is 0.219. The van der Waals surface area contributed by atoms with E-state index in [1.807, 2.05) is 0 Å². The second kappa shape index (κ2) is 7.38. The lowest BCUT2D eigenvalue weighted by Gasteiger charge is -2.22. The number of nitrogens with one attached hydrogen (secondary N) is 1. The van der Waals surface area contributed by atoms with Gasteiger partial charge in [0.2, 0.25) is 0 Å². The van der Waals surface area contributed by atoms with Gasteiger partial charge in [-0.2, -0.15) is 0 Å². The number of alkyl carbamates (subject to hydrolysis) is 1. The Kier molecular flexibility index (Phi) is 5.46. The van der Waals surface area contributed by atoms with Gasteiger partial charge in [-0.25, -0.2) is 14.4 Å². The first-order chi connectivity index (χ1) is 11.7. The summed E-state index contributed by atoms with van der Waals surface area (Å²) >= 11 is 0. The summed E-state index contributed by atoms with van der Waals surface area (Å²) in [5.74, 6) is -0.415. The van der Waals surface area contributed by atoms with E-state index in [0.29, 0.717) is 17.4 Å². The molecule has 0 aliphatic rings. The van der Waals surface area contributed by atoms with Crippen LogP contribution in [-0.2, 0) is 9.53 Å². The molecule has 0 fully saturated rings. The largest absolute Gasteiger partial charge is 0.444 e. The summed E-state index contributed by atoms with van der Waals surface area (Å²) in [6.45, 7) is 6.93. The third-order valence-electron chi connectivity index (χ3n) is 3.20. The van der Waals surface area contributed by atoms with Crippen LogP contribution < -0.4 is 15.7 Å². The van der Waals surface area contributed by atoms with Crippen molar-refractivity contribution in [3.05, 3.63) is 40.8 Å². The Morgan fingerprint density at radius 1 is 1.20 bits per heavy atom. The SMILES string of the molecule is CC[C@@H](NC(=O)OC(C)(C)C)C(=O)Oc1ccc2ccc(=O)oc2c1. The molecule has 1 N–H and O–H groups in total. The zero-order valence-corrected chi connectivity index (χ0v) is 14.6. The first-order valence-electron chi connectivity index (χ1n) is 7.93. The number of fused-ring (bicyclic) bond motifs is 1. The normalized spacial score (nSPS) is 12.5. The summed E-state index contributed by atoms with van der Waals surface area (Å²) in [5, 5.41) is 3.19. The predicted molar refractivity (Wildman–Crippen MR) is 91.6 cm³/mol. The van der Waals surface area contributed by atoms with Crippen LogP contribution in [0, 0.1) is 0 Å². The second-order valence-electron chi connectivity index (χ2n) is 6.48. The van der Waals surface area contributed by atoms with Gasteiger partial charge in [0.05, 0.1) is 0 Å². The van der Waals surface area contributed by atoms with Gasteiger partial charge < -0.3 is 19.2 Å². The van der Waals surface area contributed by atoms with Gasteiger partial charge in [-0.3, -0.25) is 0 Å². The highest BCUT2D eigenvalue weighted by atomic mass is 16.6. The number of benzene rings is 1. The Bertz CT molecular complexity index is 833. The van der Waals surface area contributed by atoms with E-state index in [9.17, 15) is 14.4 Å². The molecule has 1 aromatic heterocycles. The molecule has 0 radical (unpaired) electrons. The Hall–Kier alpha value is -2.83. The minimum Gasteiger partial charge on any atom is -0.444 e. The Morgan fingerprint density at radius 2 is 1.88 bits per heavy atom. The van der Waals surface area contributed by atoms with Crippen molar-refractivity contribution in [1.82, 2.24) is 5.32 Å². The van der Waals surface area contributed by atoms with E-state index in [4.69, 9.17) is 13.9 Å². The fourth-order valence-electron chi connectivity index (χ4n) is 2.07. The van der Waals surface area contributed by atoms with E-state index >= 15 is 0 Å². The summed E-state index contributed by atoms with van der Waals surface area (Å²) < 4.78 is 15.5. The van der Waals surface area contributed by atoms with Gasteiger partial charge in [0.1, 0.15) is 23.0 Å². The molecule has 0 bridgehead atoms. The van der Waals surface area contributed by atoms with E-state index in [1.54, 1.807) is 45.9 Å². The van der Waals surface area contributed by atoms with Crippen LogP contribution in [0.3, 0.4) is 0 Å². The molecule has 134 valence electrons. The Labute approximate surface area is 144 Å². The number of hydrogen-bond acceptors (Lipinski definition) is 6. The van der Waals surface area contributed by atoms with Crippen LogP contribution in [-0.4, -0.2) is 23.7 Å². The molecular formula is C18H21NO6. The summed E-state index contributed by atoms with van der Waals surface area (Å²) in [7, 11) is 0. The minimum atomic E-state index is -0.853. The van der Waals surface area contributed by atoms with Crippen molar-refractivity contribution in [1.29, 1.82) is 0 Å². The van der Waals surface area contributed by atoms with Gasteiger partial charge in [0.15, 0.2) is 0 Å². The zero-order valence-electron chi connectivity index (χ0n) is 14.6. The molecule has 0 saturated carbocycles. The van der Waals surface area contributed by atoms with Crippen molar-refractivity contribution in [3.8, 4) is 5.75 Å². The maximum absolute atomic E-state index is 12.3. The van der Waals surface area contributed by atoms with Gasteiger partial charge in [0, 0.05) is 17.5 Å². The number of carbonyl (C=O) groups is 2. The summed E-state index contributed by atoms with van der Waals surface area (Å²) in [4.78, 5) is 35.3. The van der Waals surface area contributed by atoms with Crippen LogP contribution in [0.1, 0.15) is 34.1 Å². The van der Waals surface area contributed by atoms with E-state index in [0.717, 1.165) is 0 Å². The van der Waals surface area contributed by atoms with Crippen LogP contribution in [0.25, 0.3) is 11.0 Å². The van der Waals surface area contributed by atoms with Crippen molar-refractivity contribution in [2.75, 3.05) is 0 Å². The van der Waals surface area contributed by atoms with E-state index in [1.165, 1.54) is 12.1 Å². The van der Waals surface area contributed by atoms with E-state index in [2.05, 4.69) is 5.32 Å². The van der Waals surface area contributed by atoms with Crippen LogP contribution >= 0.6 is 0 Å². The summed E-state index contributed by atoms with van der Waals surface area (Å²) in [6, 6.07) is 6.78. The number of carbonyl (C=O) groups excluding carboxylic acids is 2. The highest BCUT2D eigenvalue weighted by molar-refractivity contribution is 5.84. The van der Waals surface area contributed by atoms with Gasteiger partial charge in [0.25, 0.3) is 0 Å². The first kappa shape index (κ1) is 18.5. The average molecular weight is 347 g/mol. The maximum Gasteiger partial charge on any atom is 0.408 e. The molecule has 1 aromatic carbocycles. The predicted octanol–water partition coefficient (Wildman–Crippen LogP) is 3.00. The van der Waals surface area contributed by atoms with Gasteiger partial charge >= 0.3 is 17.7 Å². The third kappa shape index (κ3) is 5.34. The molecule has 1 heterocycles. The zero-order chi connectivity index (χ0) is 18.6. The van der Waals surface area contributed by atoms with Gasteiger partial charge in [-0.15, -0.1) is 0 Å². The van der Waals surface area contributed by atoms with Crippen LogP contribution in [0.15, 0.2) is 39.5 Å². The molecule has 0 saturated heterocycles. The van der Waals surface area contributed by atoms with Crippen molar-refractivity contribution in [3.63, 3.8) is 0 Å². The standard InChI is InChI=1S/C18H21NO6/c1-5-13(19-17(22)25-18(2,3)4)16(21)23-12-8-6-11-7-9-15(20)24-14(11)10-12/h6-10,13H,5H2,1-4H3,(H,19,22)/t13-/m1/s1. The molecule has 7 heteroatoms. The van der Waals surface area contributed by atoms with E-state index < -0.39 is 29.3 Å². The lowest BCUT2D eigenvalue weighted by Crippen LogP contribution is -2.44. The molecule has 0 unspecified atom stereocenters. The highest BCUT2D eigenvalue weighted by Gasteiger charge is 2.24. The average Bonchev–Trinajstić information content (AvgIpc) is 2.50. The molecular weight excluding hydrogens is 326 g/mol. The van der Waals surface area contributed by atoms with Crippen molar-refractivity contribution in [2.24, 2.45) is 0 Å². The lowest BCUT2D eigenvalue weighted by atomic mass is 10.2. The Balaban J connectivity index is 2.08. The molecule has 7 nitrogen and oxygen atoms in total. The molecule has 2 rings (SSSR count). The number of rotatable bonds is 4. The number of amides is 1. The topological polar surface area (TPSA) is 94.8 Å². The van der Waals surface area contributed by atoms with Crippen molar-refractivity contribution >= 4 is 23.0 Å². The fraction of sp³-hybridized carbons (Fsp3) is 0.389. The molecule has 1 amide bonds. The van der Waals surface area contributed by atoms with Crippen molar-refractivity contribution < 1.29 is 23.5 Å². The van der Waals surface area contributed by atoms with Gasteiger partial charge in [-0.05, 0) is 45.4 Å². The van der Waals surface area contributed by atoms with Gasteiger partial charge in [-0.1, -0.05) is 6.92 Å². The molecule has 0 aliphatic carbocycles. The van der Waals surface area contributed by atoms with E-state index in [-0.39, 0.29) is 5.75 Å². The number of ether oxygens (including phenoxy) is 2. The lowest BCUT2D eigenvalue weighted by molar-refractivity contribution is -0.136. The number of esters is 1. The van der Waals surface area contributed by atoms with Crippen LogP contribution in [0.2, 0.25) is 0 Å². The molecule has 0 aliphatic heterocycles. The third-order valence-corrected chi connectivity index (χ3v) is 3.20. The highest BCUT2D eigenvalue weighted by Crippen LogP contribution is 2.20. The fourth-order valence-corrected chi connectivity index (χ4v) is 2.07. The molecule has 2 aromatic rings. The van der Waals surface area contributed by atoms with Crippen molar-refractivity contribution in [2.45, 2.75) is 45.8 Å². The molecule has 25 heavy (non-hydrogen) atoms. The molecule has 0 spiro atoms. The second-order valence-corrected chi connectivity index (χ2v) is 6.48. The summed E-state index contributed by atoms with van der Waals surface area (Å²) in [6.07, 6.45) is -0.360. The van der Waals surface area contributed by atoms with Crippen LogP contribution in [0.5, 0.6) is 5.75 Å². The quantitative estimate of drug-likeness (QED) is 0.519. The smallest absolute Gasteiger partial charge is 0.408 e. The molecule has 1 atom stereocenters. The monoisotopic (exact) mass is 347 g/mol. The van der Waals surface area contributed by atoms with Crippen LogP contribution in [0.4, 0.5) is 4.79 Å². The maximum atomic E-state index is 12.3.